The summed E-state index contributed by atoms with van der Waals surface area (Å²) in [5, 5.41) is 6.84. The van der Waals surface area contributed by atoms with E-state index in [2.05, 4.69) is 56.4 Å². The van der Waals surface area contributed by atoms with Gasteiger partial charge in [-0.3, -0.25) is 9.20 Å². The number of hydrogen-bond donors (Lipinski definition) is 3. The minimum absolute atomic E-state index is 0.00808. The number of carbonyl (C=O) groups excluding carboxylic acids is 1. The number of para-hydroxylation sites is 1. The van der Waals surface area contributed by atoms with Crippen LogP contribution >= 0.6 is 0 Å². The Balaban J connectivity index is 1.19. The molecule has 2 atom stereocenters. The molecule has 1 unspecified atom stereocenters. The van der Waals surface area contributed by atoms with Gasteiger partial charge in [-0.15, -0.1) is 0 Å². The van der Waals surface area contributed by atoms with Crippen LogP contribution in [0, 0.1) is 5.92 Å². The van der Waals surface area contributed by atoms with E-state index in [0.717, 1.165) is 60.4 Å². The van der Waals surface area contributed by atoms with Gasteiger partial charge >= 0.3 is 0 Å². The van der Waals surface area contributed by atoms with E-state index in [0.29, 0.717) is 5.82 Å². The van der Waals surface area contributed by atoms with Gasteiger partial charge in [0.05, 0.1) is 17.8 Å². The molecule has 1 aliphatic carbocycles. The van der Waals surface area contributed by atoms with Crippen molar-refractivity contribution in [3.05, 3.63) is 89.6 Å². The van der Waals surface area contributed by atoms with E-state index in [1.807, 2.05) is 31.3 Å². The molecule has 7 nitrogen and oxygen atoms in total. The molecule has 1 aliphatic heterocycles. The Morgan fingerprint density at radius 2 is 1.83 bits per heavy atom. The van der Waals surface area contributed by atoms with Gasteiger partial charge in [0.15, 0.2) is 0 Å². The van der Waals surface area contributed by atoms with Crippen LogP contribution in [0.25, 0.3) is 5.52 Å². The molecule has 0 spiro atoms. The number of rotatable bonds is 5. The highest BCUT2D eigenvalue weighted by Crippen LogP contribution is 2.40. The molecule has 0 bridgehead atoms. The Kier molecular flexibility index (Phi) is 5.83. The monoisotopic (exact) mass is 480 g/mol. The molecule has 4 N–H and O–H groups in total. The molecule has 1 saturated carbocycles. The molecule has 2 aliphatic rings. The third kappa shape index (κ3) is 4.08. The summed E-state index contributed by atoms with van der Waals surface area (Å²) in [5.74, 6) is 2.01. The van der Waals surface area contributed by atoms with Crippen molar-refractivity contribution in [3.8, 4) is 0 Å². The van der Waals surface area contributed by atoms with Gasteiger partial charge in [0.1, 0.15) is 17.2 Å². The summed E-state index contributed by atoms with van der Waals surface area (Å²) in [6.45, 7) is 2.05. The summed E-state index contributed by atoms with van der Waals surface area (Å²) in [5.41, 5.74) is 11.8. The highest BCUT2D eigenvalue weighted by Gasteiger charge is 2.33. The van der Waals surface area contributed by atoms with Crippen LogP contribution in [-0.4, -0.2) is 20.3 Å². The third-order valence-electron chi connectivity index (χ3n) is 7.86. The Morgan fingerprint density at radius 3 is 2.61 bits per heavy atom. The SMILES string of the molecule is C[C@H](NC(=O)C1CCC(c2nc(C3Cc4ccccc4N3)c3c(N)nccn23)CC1)c1ccccc1. The smallest absolute Gasteiger partial charge is 0.223 e. The van der Waals surface area contributed by atoms with Crippen molar-refractivity contribution in [1.82, 2.24) is 19.7 Å². The third-order valence-corrected chi connectivity index (χ3v) is 7.86. The first-order chi connectivity index (χ1) is 17.6. The zero-order valence-electron chi connectivity index (χ0n) is 20.5. The van der Waals surface area contributed by atoms with Crippen LogP contribution in [0.2, 0.25) is 0 Å². The number of nitrogens with two attached hydrogens (primary N) is 1. The first-order valence-corrected chi connectivity index (χ1v) is 12.9. The van der Waals surface area contributed by atoms with Gasteiger partial charge < -0.3 is 16.4 Å². The number of nitrogens with zero attached hydrogens (tertiary/aromatic N) is 3. The first kappa shape index (κ1) is 22.6. The lowest BCUT2D eigenvalue weighted by atomic mass is 9.81. The summed E-state index contributed by atoms with van der Waals surface area (Å²) in [4.78, 5) is 22.6. The van der Waals surface area contributed by atoms with Crippen molar-refractivity contribution >= 4 is 22.9 Å². The lowest BCUT2D eigenvalue weighted by Gasteiger charge is -2.28. The Bertz CT molecular complexity index is 1360. The number of fused-ring (bicyclic) bond motifs is 2. The summed E-state index contributed by atoms with van der Waals surface area (Å²) in [7, 11) is 0. The number of nitrogens with one attached hydrogen (secondary N) is 2. The molecular formula is C29H32N6O. The van der Waals surface area contributed by atoms with Gasteiger partial charge in [0.25, 0.3) is 0 Å². The second-order valence-electron chi connectivity index (χ2n) is 10.1. The number of amides is 1. The van der Waals surface area contributed by atoms with Gasteiger partial charge in [-0.1, -0.05) is 48.5 Å². The molecule has 2 aromatic heterocycles. The topological polar surface area (TPSA) is 97.3 Å². The highest BCUT2D eigenvalue weighted by atomic mass is 16.1. The van der Waals surface area contributed by atoms with Crippen LogP contribution in [-0.2, 0) is 11.2 Å². The number of imidazole rings is 1. The average molecular weight is 481 g/mol. The summed E-state index contributed by atoms with van der Waals surface area (Å²) in [6, 6.07) is 18.6. The van der Waals surface area contributed by atoms with Crippen LogP contribution in [0.15, 0.2) is 67.0 Å². The van der Waals surface area contributed by atoms with E-state index in [-0.39, 0.29) is 29.8 Å². The molecule has 6 rings (SSSR count). The second-order valence-corrected chi connectivity index (χ2v) is 10.1. The van der Waals surface area contributed by atoms with Crippen molar-refractivity contribution < 1.29 is 4.79 Å². The van der Waals surface area contributed by atoms with Crippen molar-refractivity contribution in [2.45, 2.75) is 57.0 Å². The maximum absolute atomic E-state index is 13.0. The number of nitrogen functional groups attached to an aromatic ring is 1. The molecule has 36 heavy (non-hydrogen) atoms. The lowest BCUT2D eigenvalue weighted by molar-refractivity contribution is -0.126. The van der Waals surface area contributed by atoms with Crippen molar-refractivity contribution in [1.29, 1.82) is 0 Å². The van der Waals surface area contributed by atoms with Crippen LogP contribution in [0.4, 0.5) is 11.5 Å². The van der Waals surface area contributed by atoms with E-state index in [4.69, 9.17) is 10.7 Å². The largest absolute Gasteiger partial charge is 0.382 e. The summed E-state index contributed by atoms with van der Waals surface area (Å²) < 4.78 is 2.13. The van der Waals surface area contributed by atoms with E-state index in [9.17, 15) is 4.79 Å². The van der Waals surface area contributed by atoms with Gasteiger partial charge in [0.2, 0.25) is 5.91 Å². The van der Waals surface area contributed by atoms with Gasteiger partial charge in [-0.25, -0.2) is 9.97 Å². The quantitative estimate of drug-likeness (QED) is 0.366. The molecule has 1 fully saturated rings. The maximum Gasteiger partial charge on any atom is 0.223 e. The zero-order valence-corrected chi connectivity index (χ0v) is 20.5. The standard InChI is InChI=1S/C29H32N6O/c1-18(19-7-3-2-4-8-19)32-29(36)21-13-11-20(12-14-21)28-34-25(26-27(30)31-15-16-35(26)28)24-17-22-9-5-6-10-23(22)33-24/h2-10,15-16,18,20-21,24,33H,11-14,17H2,1H3,(H2,30,31)(H,32,36)/t18-,20?,21?,24?/m0/s1. The molecule has 7 heteroatoms. The zero-order chi connectivity index (χ0) is 24.6. The van der Waals surface area contributed by atoms with Crippen molar-refractivity contribution in [2.24, 2.45) is 5.92 Å². The summed E-state index contributed by atoms with van der Waals surface area (Å²) in [6.07, 6.45) is 8.17. The normalized spacial score (nSPS) is 22.1. The molecular weight excluding hydrogens is 448 g/mol. The fraction of sp³-hybridized carbons (Fsp3) is 0.345. The number of hydrogen-bond acceptors (Lipinski definition) is 5. The minimum Gasteiger partial charge on any atom is -0.382 e. The number of anilines is 2. The maximum atomic E-state index is 13.0. The number of aromatic nitrogens is 3. The Hall–Kier alpha value is -3.87. The van der Waals surface area contributed by atoms with Crippen LogP contribution in [0.1, 0.15) is 73.3 Å². The second kappa shape index (κ2) is 9.30. The molecule has 184 valence electrons. The van der Waals surface area contributed by atoms with Gasteiger partial charge in [0, 0.05) is 36.3 Å². The molecule has 4 aromatic rings. The molecule has 0 saturated heterocycles. The lowest BCUT2D eigenvalue weighted by Crippen LogP contribution is -2.34. The van der Waals surface area contributed by atoms with Gasteiger partial charge in [-0.05, 0) is 49.8 Å². The van der Waals surface area contributed by atoms with Crippen LogP contribution < -0.4 is 16.4 Å². The van der Waals surface area contributed by atoms with Gasteiger partial charge in [-0.2, -0.15) is 0 Å². The predicted molar refractivity (Wildman–Crippen MR) is 142 cm³/mol. The van der Waals surface area contributed by atoms with Crippen LogP contribution in [0.5, 0.6) is 0 Å². The highest BCUT2D eigenvalue weighted by molar-refractivity contribution is 5.79. The fourth-order valence-corrected chi connectivity index (χ4v) is 5.88. The molecule has 2 aromatic carbocycles. The van der Waals surface area contributed by atoms with E-state index in [1.54, 1.807) is 6.20 Å². The predicted octanol–water partition coefficient (Wildman–Crippen LogP) is 5.17. The van der Waals surface area contributed by atoms with E-state index < -0.39 is 0 Å². The van der Waals surface area contributed by atoms with Crippen LogP contribution in [0.3, 0.4) is 0 Å². The Labute approximate surface area is 211 Å². The van der Waals surface area contributed by atoms with E-state index >= 15 is 0 Å². The van der Waals surface area contributed by atoms with Crippen molar-refractivity contribution in [3.63, 3.8) is 0 Å². The number of benzene rings is 2. The van der Waals surface area contributed by atoms with Crippen molar-refractivity contribution in [2.75, 3.05) is 11.1 Å². The van der Waals surface area contributed by atoms with E-state index in [1.165, 1.54) is 5.56 Å². The Morgan fingerprint density at radius 1 is 1.08 bits per heavy atom. The fourth-order valence-electron chi connectivity index (χ4n) is 5.88. The first-order valence-electron chi connectivity index (χ1n) is 12.9. The molecule has 0 radical (unpaired) electrons. The minimum atomic E-state index is 0.00808. The average Bonchev–Trinajstić information content (AvgIpc) is 3.52. The molecule has 3 heterocycles. The summed E-state index contributed by atoms with van der Waals surface area (Å²) >= 11 is 0. The number of carbonyl (C=O) groups is 1. The molecule has 1 amide bonds.